The molecule has 138 valence electrons. The largest absolute Gasteiger partial charge is 0.464 e. The number of carbonyl (C=O) groups excluding carboxylic acids is 2. The van der Waals surface area contributed by atoms with Crippen LogP contribution in [0.4, 0.5) is 5.69 Å². The Balaban J connectivity index is 2.23. The van der Waals surface area contributed by atoms with Gasteiger partial charge in [0.1, 0.15) is 5.01 Å². The van der Waals surface area contributed by atoms with E-state index in [1.54, 1.807) is 5.38 Å². The molecule has 0 N–H and O–H groups in total. The summed E-state index contributed by atoms with van der Waals surface area (Å²) in [6, 6.07) is 3.73. The molecule has 2 rings (SSSR count). The van der Waals surface area contributed by atoms with E-state index in [-0.39, 0.29) is 34.4 Å². The minimum absolute atomic E-state index is 0.0136. The molecule has 10 heteroatoms. The maximum atomic E-state index is 12.8. The van der Waals surface area contributed by atoms with Crippen molar-refractivity contribution in [2.45, 2.75) is 19.9 Å². The minimum atomic E-state index is -0.576. The number of nitro benzene ring substituents is 1. The zero-order chi connectivity index (χ0) is 19.3. The number of hydrogen-bond acceptors (Lipinski definition) is 7. The summed E-state index contributed by atoms with van der Waals surface area (Å²) >= 11 is 7.30. The molecule has 26 heavy (non-hydrogen) atoms. The van der Waals surface area contributed by atoms with Crippen molar-refractivity contribution >= 4 is 40.5 Å². The van der Waals surface area contributed by atoms with Crippen LogP contribution in [0.3, 0.4) is 0 Å². The number of nitro groups is 1. The molecule has 0 spiro atoms. The van der Waals surface area contributed by atoms with Crippen LogP contribution in [0.2, 0.25) is 5.02 Å². The van der Waals surface area contributed by atoms with Gasteiger partial charge in [-0.05, 0) is 12.5 Å². The molecule has 0 aliphatic rings. The van der Waals surface area contributed by atoms with Crippen molar-refractivity contribution in [3.8, 4) is 0 Å². The minimum Gasteiger partial charge on any atom is -0.464 e. The highest BCUT2D eigenvalue weighted by atomic mass is 35.5. The number of aromatic nitrogens is 1. The van der Waals surface area contributed by atoms with E-state index in [4.69, 9.17) is 11.6 Å². The third-order valence-corrected chi connectivity index (χ3v) is 4.59. The number of methoxy groups -OCH3 is 1. The van der Waals surface area contributed by atoms with Gasteiger partial charge in [-0.3, -0.25) is 14.9 Å². The molecule has 8 nitrogen and oxygen atoms in total. The normalized spacial score (nSPS) is 10.4. The van der Waals surface area contributed by atoms with Gasteiger partial charge in [-0.2, -0.15) is 0 Å². The lowest BCUT2D eigenvalue weighted by molar-refractivity contribution is -0.384. The van der Waals surface area contributed by atoms with Crippen molar-refractivity contribution in [2.24, 2.45) is 0 Å². The summed E-state index contributed by atoms with van der Waals surface area (Å²) < 4.78 is 4.62. The van der Waals surface area contributed by atoms with Crippen LogP contribution in [0.25, 0.3) is 0 Å². The Labute approximate surface area is 158 Å². The predicted molar refractivity (Wildman–Crippen MR) is 96.6 cm³/mol. The molecule has 1 aromatic heterocycles. The fourth-order valence-electron chi connectivity index (χ4n) is 2.23. The van der Waals surface area contributed by atoms with Gasteiger partial charge in [0, 0.05) is 24.1 Å². The van der Waals surface area contributed by atoms with Crippen molar-refractivity contribution in [2.75, 3.05) is 13.7 Å². The number of hydrogen-bond donors (Lipinski definition) is 0. The van der Waals surface area contributed by atoms with Crippen molar-refractivity contribution in [1.29, 1.82) is 0 Å². The van der Waals surface area contributed by atoms with Crippen LogP contribution in [-0.4, -0.2) is 40.3 Å². The molecular formula is C16H16ClN3O5S. The molecule has 0 fully saturated rings. The summed E-state index contributed by atoms with van der Waals surface area (Å²) in [5.41, 5.74) is 0.177. The van der Waals surface area contributed by atoms with Gasteiger partial charge in [0.2, 0.25) is 0 Å². The Morgan fingerprint density at radius 2 is 2.15 bits per heavy atom. The monoisotopic (exact) mass is 397 g/mol. The van der Waals surface area contributed by atoms with Crippen LogP contribution >= 0.6 is 22.9 Å². The van der Waals surface area contributed by atoms with E-state index in [2.05, 4.69) is 9.72 Å². The highest BCUT2D eigenvalue weighted by Gasteiger charge is 2.22. The third kappa shape index (κ3) is 4.55. The van der Waals surface area contributed by atoms with E-state index in [1.807, 2.05) is 6.92 Å². The number of halogens is 1. The second kappa shape index (κ2) is 8.72. The van der Waals surface area contributed by atoms with E-state index < -0.39 is 10.9 Å². The van der Waals surface area contributed by atoms with Crippen LogP contribution in [0.15, 0.2) is 23.6 Å². The quantitative estimate of drug-likeness (QED) is 0.402. The summed E-state index contributed by atoms with van der Waals surface area (Å²) in [6.45, 7) is 2.56. The zero-order valence-corrected chi connectivity index (χ0v) is 15.7. The maximum absolute atomic E-state index is 12.8. The van der Waals surface area contributed by atoms with Gasteiger partial charge >= 0.3 is 5.97 Å². The number of amides is 1. The Morgan fingerprint density at radius 1 is 1.42 bits per heavy atom. The van der Waals surface area contributed by atoms with E-state index in [1.165, 1.54) is 35.5 Å². The zero-order valence-electron chi connectivity index (χ0n) is 14.1. The molecular weight excluding hydrogens is 382 g/mol. The molecule has 0 atom stereocenters. The summed E-state index contributed by atoms with van der Waals surface area (Å²) in [5, 5.41) is 13.0. The summed E-state index contributed by atoms with van der Waals surface area (Å²) in [5.74, 6) is -0.902. The third-order valence-electron chi connectivity index (χ3n) is 3.45. The standard InChI is InChI=1S/C16H16ClN3O5S/c1-3-6-19(8-14-18-13(9-26-14)16(22)25-2)15(21)11-5-4-10(20(23)24)7-12(11)17/h4-5,7,9H,3,6,8H2,1-2H3. The number of carbonyl (C=O) groups is 2. The van der Waals surface area contributed by atoms with Crippen molar-refractivity contribution < 1.29 is 19.2 Å². The molecule has 0 saturated heterocycles. The lowest BCUT2D eigenvalue weighted by Crippen LogP contribution is -2.31. The number of ether oxygens (including phenoxy) is 1. The van der Waals surface area contributed by atoms with Crippen LogP contribution in [0.1, 0.15) is 39.2 Å². The van der Waals surface area contributed by atoms with Crippen LogP contribution in [0, 0.1) is 10.1 Å². The van der Waals surface area contributed by atoms with Crippen LogP contribution in [0.5, 0.6) is 0 Å². The number of rotatable bonds is 7. The summed E-state index contributed by atoms with van der Waals surface area (Å²) in [7, 11) is 1.27. The van der Waals surface area contributed by atoms with E-state index in [0.717, 1.165) is 6.07 Å². The average molecular weight is 398 g/mol. The molecule has 0 radical (unpaired) electrons. The highest BCUT2D eigenvalue weighted by Crippen LogP contribution is 2.25. The van der Waals surface area contributed by atoms with Crippen molar-refractivity contribution in [3.63, 3.8) is 0 Å². The van der Waals surface area contributed by atoms with Gasteiger partial charge in [0.05, 0.1) is 29.2 Å². The van der Waals surface area contributed by atoms with E-state index in [0.29, 0.717) is 18.0 Å². The van der Waals surface area contributed by atoms with E-state index in [9.17, 15) is 19.7 Å². The second-order valence-electron chi connectivity index (χ2n) is 5.27. The number of esters is 1. The van der Waals surface area contributed by atoms with Crippen molar-refractivity contribution in [1.82, 2.24) is 9.88 Å². The molecule has 0 aliphatic heterocycles. The molecule has 2 aromatic rings. The van der Waals surface area contributed by atoms with Gasteiger partial charge in [0.15, 0.2) is 5.69 Å². The first-order valence-electron chi connectivity index (χ1n) is 7.63. The smallest absolute Gasteiger partial charge is 0.357 e. The van der Waals surface area contributed by atoms with Crippen LogP contribution < -0.4 is 0 Å². The second-order valence-corrected chi connectivity index (χ2v) is 6.62. The first-order chi connectivity index (χ1) is 12.4. The molecule has 0 saturated carbocycles. The number of benzene rings is 1. The molecule has 0 aliphatic carbocycles. The lowest BCUT2D eigenvalue weighted by atomic mass is 10.1. The SMILES string of the molecule is CCCN(Cc1nc(C(=O)OC)cs1)C(=O)c1ccc([N+](=O)[O-])cc1Cl. The average Bonchev–Trinajstić information content (AvgIpc) is 3.08. The Bertz CT molecular complexity index is 839. The number of nitrogens with zero attached hydrogens (tertiary/aromatic N) is 3. The Hall–Kier alpha value is -2.52. The van der Waals surface area contributed by atoms with Gasteiger partial charge < -0.3 is 9.64 Å². The van der Waals surface area contributed by atoms with E-state index >= 15 is 0 Å². The topological polar surface area (TPSA) is 103 Å². The van der Waals surface area contributed by atoms with Crippen LogP contribution in [-0.2, 0) is 11.3 Å². The number of non-ortho nitro benzene ring substituents is 1. The first-order valence-corrected chi connectivity index (χ1v) is 8.89. The summed E-state index contributed by atoms with van der Waals surface area (Å²) in [6.07, 6.45) is 0.700. The van der Waals surface area contributed by atoms with Gasteiger partial charge in [-0.1, -0.05) is 18.5 Å². The Kier molecular flexibility index (Phi) is 6.64. The Morgan fingerprint density at radius 3 is 2.73 bits per heavy atom. The van der Waals surface area contributed by atoms with Gasteiger partial charge in [-0.15, -0.1) is 11.3 Å². The number of thiazole rings is 1. The van der Waals surface area contributed by atoms with Gasteiger partial charge in [-0.25, -0.2) is 9.78 Å². The molecule has 1 amide bonds. The fourth-order valence-corrected chi connectivity index (χ4v) is 3.26. The highest BCUT2D eigenvalue weighted by molar-refractivity contribution is 7.09. The molecule has 0 bridgehead atoms. The maximum Gasteiger partial charge on any atom is 0.357 e. The van der Waals surface area contributed by atoms with Gasteiger partial charge in [0.25, 0.3) is 11.6 Å². The first kappa shape index (κ1) is 19.8. The molecule has 0 unspecified atom stereocenters. The lowest BCUT2D eigenvalue weighted by Gasteiger charge is -2.21. The summed E-state index contributed by atoms with van der Waals surface area (Å²) in [4.78, 5) is 40.2. The predicted octanol–water partition coefficient (Wildman–Crippen LogP) is 3.54. The van der Waals surface area contributed by atoms with Crippen molar-refractivity contribution in [3.05, 3.63) is 55.0 Å². The fraction of sp³-hybridized carbons (Fsp3) is 0.312. The molecule has 1 aromatic carbocycles. The molecule has 1 heterocycles.